The normalized spacial score (nSPS) is 16.3. The molecular weight excluding hydrogens is 330 g/mol. The number of rotatable bonds is 6. The molecule has 0 bridgehead atoms. The zero-order valence-corrected chi connectivity index (χ0v) is 14.8. The van der Waals surface area contributed by atoms with Crippen LogP contribution < -0.4 is 5.32 Å². The van der Waals surface area contributed by atoms with Gasteiger partial charge >= 0.3 is 5.97 Å². The summed E-state index contributed by atoms with van der Waals surface area (Å²) in [7, 11) is 1.84. The van der Waals surface area contributed by atoms with Crippen LogP contribution in [0.1, 0.15) is 18.4 Å². The van der Waals surface area contributed by atoms with Gasteiger partial charge in [-0.25, -0.2) is 0 Å². The zero-order valence-electron chi connectivity index (χ0n) is 14.1. The standard InChI is InChI=1S/C17H24ClN3O3/c1-12-14(18)4-3-5-15(12)19-16(22)10-21-8-6-13(7-9-21)20(2)11-17(23)24/h3-5,13H,6-11H2,1-2H3,(H,19,22)(H,23,24). The van der Waals surface area contributed by atoms with E-state index in [4.69, 9.17) is 16.7 Å². The predicted octanol–water partition coefficient (Wildman–Crippen LogP) is 2.07. The maximum absolute atomic E-state index is 12.2. The lowest BCUT2D eigenvalue weighted by Crippen LogP contribution is -2.46. The Morgan fingerprint density at radius 1 is 1.38 bits per heavy atom. The molecule has 7 heteroatoms. The highest BCUT2D eigenvalue weighted by atomic mass is 35.5. The fraction of sp³-hybridized carbons (Fsp3) is 0.529. The quantitative estimate of drug-likeness (QED) is 0.819. The molecular formula is C17H24ClN3O3. The van der Waals surface area contributed by atoms with Crippen molar-refractivity contribution in [2.24, 2.45) is 0 Å². The predicted molar refractivity (Wildman–Crippen MR) is 94.5 cm³/mol. The second kappa shape index (κ2) is 8.46. The van der Waals surface area contributed by atoms with Gasteiger partial charge in [-0.15, -0.1) is 0 Å². The number of benzene rings is 1. The van der Waals surface area contributed by atoms with Crippen LogP contribution in [0.5, 0.6) is 0 Å². The molecule has 1 heterocycles. The Hall–Kier alpha value is -1.63. The van der Waals surface area contributed by atoms with Crippen LogP contribution in [0.2, 0.25) is 5.02 Å². The van der Waals surface area contributed by atoms with Gasteiger partial charge in [-0.2, -0.15) is 0 Å². The SMILES string of the molecule is Cc1c(Cl)cccc1NC(=O)CN1CCC(N(C)CC(=O)O)CC1. The molecule has 0 radical (unpaired) electrons. The van der Waals surface area contributed by atoms with Crippen LogP contribution in [0.25, 0.3) is 0 Å². The van der Waals surface area contributed by atoms with Crippen LogP contribution in [0, 0.1) is 6.92 Å². The largest absolute Gasteiger partial charge is 0.480 e. The number of hydrogen-bond acceptors (Lipinski definition) is 4. The molecule has 0 unspecified atom stereocenters. The van der Waals surface area contributed by atoms with Crippen molar-refractivity contribution >= 4 is 29.2 Å². The highest BCUT2D eigenvalue weighted by Gasteiger charge is 2.24. The van der Waals surface area contributed by atoms with Gasteiger partial charge in [-0.05, 0) is 44.5 Å². The van der Waals surface area contributed by atoms with Gasteiger partial charge < -0.3 is 10.4 Å². The van der Waals surface area contributed by atoms with Gasteiger partial charge in [0.15, 0.2) is 0 Å². The van der Waals surface area contributed by atoms with Gasteiger partial charge in [0.05, 0.1) is 13.1 Å². The van der Waals surface area contributed by atoms with Crippen molar-refractivity contribution in [2.75, 3.05) is 38.5 Å². The van der Waals surface area contributed by atoms with Crippen molar-refractivity contribution in [3.05, 3.63) is 28.8 Å². The minimum Gasteiger partial charge on any atom is -0.480 e. The van der Waals surface area contributed by atoms with Crippen molar-refractivity contribution in [3.8, 4) is 0 Å². The average Bonchev–Trinajstić information content (AvgIpc) is 2.52. The first-order valence-electron chi connectivity index (χ1n) is 8.06. The number of likely N-dealkylation sites (N-methyl/N-ethyl adjacent to an activating group) is 1. The fourth-order valence-corrected chi connectivity index (χ4v) is 3.17. The molecule has 1 amide bonds. The van der Waals surface area contributed by atoms with Crippen LogP contribution in [0.3, 0.4) is 0 Å². The van der Waals surface area contributed by atoms with Crippen LogP contribution >= 0.6 is 11.6 Å². The zero-order chi connectivity index (χ0) is 17.7. The number of carboxylic acid groups (broad SMARTS) is 1. The lowest BCUT2D eigenvalue weighted by molar-refractivity contribution is -0.138. The molecule has 1 aliphatic heterocycles. The number of aliphatic carboxylic acids is 1. The number of carbonyl (C=O) groups is 2. The molecule has 1 fully saturated rings. The molecule has 1 aromatic rings. The van der Waals surface area contributed by atoms with E-state index in [1.165, 1.54) is 0 Å². The molecule has 6 nitrogen and oxygen atoms in total. The van der Waals surface area contributed by atoms with E-state index < -0.39 is 5.97 Å². The van der Waals surface area contributed by atoms with Crippen LogP contribution in [0.4, 0.5) is 5.69 Å². The molecule has 0 aliphatic carbocycles. The minimum absolute atomic E-state index is 0.0548. The molecule has 1 aliphatic rings. The van der Waals surface area contributed by atoms with E-state index in [0.29, 0.717) is 11.6 Å². The minimum atomic E-state index is -0.809. The van der Waals surface area contributed by atoms with Crippen molar-refractivity contribution in [1.29, 1.82) is 0 Å². The second-order valence-corrected chi connectivity index (χ2v) is 6.68. The van der Waals surface area contributed by atoms with Gasteiger partial charge in [0.1, 0.15) is 0 Å². The Labute approximate surface area is 147 Å². The number of nitrogens with one attached hydrogen (secondary N) is 1. The number of piperidine rings is 1. The Bertz CT molecular complexity index is 601. The summed E-state index contributed by atoms with van der Waals surface area (Å²) in [5.74, 6) is -0.867. The molecule has 1 saturated heterocycles. The lowest BCUT2D eigenvalue weighted by atomic mass is 10.0. The monoisotopic (exact) mass is 353 g/mol. The first-order chi connectivity index (χ1) is 11.4. The van der Waals surface area contributed by atoms with Gasteiger partial charge in [0.25, 0.3) is 0 Å². The number of carboxylic acids is 1. The number of hydrogen-bond donors (Lipinski definition) is 2. The highest BCUT2D eigenvalue weighted by Crippen LogP contribution is 2.23. The van der Waals surface area contributed by atoms with Gasteiger partial charge in [-0.1, -0.05) is 17.7 Å². The maximum atomic E-state index is 12.2. The average molecular weight is 354 g/mol. The molecule has 132 valence electrons. The first kappa shape index (κ1) is 18.7. The van der Waals surface area contributed by atoms with E-state index in [2.05, 4.69) is 10.2 Å². The Balaban J connectivity index is 1.80. The van der Waals surface area contributed by atoms with Crippen molar-refractivity contribution < 1.29 is 14.7 Å². The summed E-state index contributed by atoms with van der Waals surface area (Å²) in [4.78, 5) is 27.0. The Morgan fingerprint density at radius 3 is 2.67 bits per heavy atom. The van der Waals surface area contributed by atoms with E-state index in [1.807, 2.05) is 31.0 Å². The van der Waals surface area contributed by atoms with E-state index in [9.17, 15) is 9.59 Å². The summed E-state index contributed by atoms with van der Waals surface area (Å²) in [5.41, 5.74) is 1.60. The van der Waals surface area contributed by atoms with E-state index in [1.54, 1.807) is 6.07 Å². The molecule has 0 saturated carbocycles. The molecule has 2 rings (SSSR count). The molecule has 0 spiro atoms. The van der Waals surface area contributed by atoms with Gasteiger partial charge in [-0.3, -0.25) is 19.4 Å². The summed E-state index contributed by atoms with van der Waals surface area (Å²) < 4.78 is 0. The topological polar surface area (TPSA) is 72.9 Å². The number of anilines is 1. The van der Waals surface area contributed by atoms with Gasteiger partial charge in [0, 0.05) is 29.8 Å². The second-order valence-electron chi connectivity index (χ2n) is 6.28. The van der Waals surface area contributed by atoms with Crippen LogP contribution in [0.15, 0.2) is 18.2 Å². The smallest absolute Gasteiger partial charge is 0.317 e. The number of carbonyl (C=O) groups excluding carboxylic acids is 1. The van der Waals surface area contributed by atoms with Crippen LogP contribution in [-0.4, -0.2) is 66.1 Å². The number of halogens is 1. The number of amides is 1. The third-order valence-electron chi connectivity index (χ3n) is 4.47. The summed E-state index contributed by atoms with van der Waals surface area (Å²) in [5, 5.41) is 12.4. The van der Waals surface area contributed by atoms with Crippen LogP contribution in [-0.2, 0) is 9.59 Å². The van der Waals surface area contributed by atoms with E-state index in [0.717, 1.165) is 37.2 Å². The maximum Gasteiger partial charge on any atom is 0.317 e. The van der Waals surface area contributed by atoms with E-state index in [-0.39, 0.29) is 18.5 Å². The molecule has 0 atom stereocenters. The summed E-state index contributed by atoms with van der Waals surface area (Å²) >= 11 is 6.06. The van der Waals surface area contributed by atoms with Crippen molar-refractivity contribution in [2.45, 2.75) is 25.8 Å². The van der Waals surface area contributed by atoms with E-state index >= 15 is 0 Å². The summed E-state index contributed by atoms with van der Waals surface area (Å²) in [6.07, 6.45) is 1.74. The van der Waals surface area contributed by atoms with Crippen molar-refractivity contribution in [3.63, 3.8) is 0 Å². The number of nitrogens with zero attached hydrogens (tertiary/aromatic N) is 2. The molecule has 1 aromatic carbocycles. The Kier molecular flexibility index (Phi) is 6.60. The number of likely N-dealkylation sites (tertiary alicyclic amines) is 1. The third kappa shape index (κ3) is 5.19. The van der Waals surface area contributed by atoms with Crippen molar-refractivity contribution in [1.82, 2.24) is 9.80 Å². The molecule has 0 aromatic heterocycles. The summed E-state index contributed by atoms with van der Waals surface area (Å²) in [6.45, 7) is 3.84. The third-order valence-corrected chi connectivity index (χ3v) is 4.88. The molecule has 2 N–H and O–H groups in total. The van der Waals surface area contributed by atoms with Gasteiger partial charge in [0.2, 0.25) is 5.91 Å². The molecule has 24 heavy (non-hydrogen) atoms. The Morgan fingerprint density at radius 2 is 2.04 bits per heavy atom. The summed E-state index contributed by atoms with van der Waals surface area (Å²) in [6, 6.07) is 5.71. The lowest BCUT2D eigenvalue weighted by Gasteiger charge is -2.35. The first-order valence-corrected chi connectivity index (χ1v) is 8.44. The fourth-order valence-electron chi connectivity index (χ4n) is 3.00. The highest BCUT2D eigenvalue weighted by molar-refractivity contribution is 6.31.